The molecule has 0 aliphatic carbocycles. The first kappa shape index (κ1) is 25.2. The third kappa shape index (κ3) is 7.05. The van der Waals surface area contributed by atoms with Crippen molar-refractivity contribution >= 4 is 0 Å². The summed E-state index contributed by atoms with van der Waals surface area (Å²) in [7, 11) is -4.94. The van der Waals surface area contributed by atoms with Crippen molar-refractivity contribution < 1.29 is 33.4 Å². The van der Waals surface area contributed by atoms with Gasteiger partial charge in [-0.05, 0) is 47.5 Å². The Balaban J connectivity index is 0.000000556. The summed E-state index contributed by atoms with van der Waals surface area (Å²) in [6.45, 7) is 0.747. The van der Waals surface area contributed by atoms with E-state index in [0.717, 1.165) is 6.54 Å². The lowest BCUT2D eigenvalue weighted by Gasteiger charge is -2.17. The van der Waals surface area contributed by atoms with Gasteiger partial charge in [0.2, 0.25) is 11.4 Å². The predicted molar refractivity (Wildman–Crippen MR) is 126 cm³/mol. The van der Waals surface area contributed by atoms with Crippen molar-refractivity contribution in [3.8, 4) is 33.6 Å². The largest absolute Gasteiger partial charge is 0.264 e. The standard InChI is InChI=1S/C29H23N2.ClHO4/c1-4-12-24(13-5-1)27-19-28(25-14-6-2-7-15-25)31(22-23-11-10-18-30-21-23)29(20-27)26-16-8-3-9-17-26;2-1(3,4)5/h1-21H,22H2;(H,2,3,4,5)/q+1;/p-1. The fourth-order valence-electron chi connectivity index (χ4n) is 3.96. The Kier molecular flexibility index (Phi) is 8.17. The Bertz CT molecular complexity index is 1310. The van der Waals surface area contributed by atoms with E-state index in [1.54, 1.807) is 0 Å². The lowest BCUT2D eigenvalue weighted by atomic mass is 9.98. The Morgan fingerprint density at radius 2 is 1.00 bits per heavy atom. The summed E-state index contributed by atoms with van der Waals surface area (Å²) in [6, 6.07) is 40.6. The van der Waals surface area contributed by atoms with Gasteiger partial charge in [0.25, 0.3) is 0 Å². The molecule has 3 aromatic carbocycles. The van der Waals surface area contributed by atoms with Crippen molar-refractivity contribution in [1.82, 2.24) is 4.98 Å². The minimum absolute atomic E-state index is 0.747. The van der Waals surface area contributed by atoms with E-state index in [2.05, 4.69) is 119 Å². The first-order valence-electron chi connectivity index (χ1n) is 11.1. The molecule has 0 spiro atoms. The quantitative estimate of drug-likeness (QED) is 0.342. The van der Waals surface area contributed by atoms with E-state index in [9.17, 15) is 0 Å². The van der Waals surface area contributed by atoms with Gasteiger partial charge < -0.3 is 0 Å². The summed E-state index contributed by atoms with van der Waals surface area (Å²) >= 11 is 0. The summed E-state index contributed by atoms with van der Waals surface area (Å²) in [5.41, 5.74) is 8.36. The molecule has 0 saturated carbocycles. The number of halogens is 1. The molecule has 36 heavy (non-hydrogen) atoms. The van der Waals surface area contributed by atoms with Crippen molar-refractivity contribution in [2.75, 3.05) is 0 Å². The number of benzene rings is 3. The van der Waals surface area contributed by atoms with Crippen LogP contribution in [0.5, 0.6) is 0 Å². The normalized spacial score (nSPS) is 10.9. The molecule has 0 unspecified atom stereocenters. The molecule has 0 aliphatic heterocycles. The molecule has 0 fully saturated rings. The van der Waals surface area contributed by atoms with Crippen LogP contribution in [0.15, 0.2) is 128 Å². The molecule has 0 aliphatic rings. The van der Waals surface area contributed by atoms with E-state index in [1.807, 2.05) is 18.5 Å². The lowest BCUT2D eigenvalue weighted by Crippen LogP contribution is -2.68. The molecule has 0 amide bonds. The molecule has 0 atom stereocenters. The first-order valence-corrected chi connectivity index (χ1v) is 12.4. The number of rotatable bonds is 5. The van der Waals surface area contributed by atoms with Crippen LogP contribution in [0, 0.1) is 10.2 Å². The van der Waals surface area contributed by atoms with Crippen molar-refractivity contribution in [2.24, 2.45) is 0 Å². The van der Waals surface area contributed by atoms with Crippen LogP contribution in [-0.4, -0.2) is 4.98 Å². The summed E-state index contributed by atoms with van der Waals surface area (Å²) in [5, 5.41) is 0. The number of aromatic nitrogens is 2. The maximum atomic E-state index is 8.49. The molecule has 0 saturated heterocycles. The van der Waals surface area contributed by atoms with Crippen LogP contribution in [-0.2, 0) is 6.54 Å². The molecule has 2 heterocycles. The number of nitrogens with zero attached hydrogens (tertiary/aromatic N) is 2. The monoisotopic (exact) mass is 498 g/mol. The van der Waals surface area contributed by atoms with Crippen molar-refractivity contribution in [1.29, 1.82) is 0 Å². The van der Waals surface area contributed by atoms with Gasteiger partial charge in [-0.15, -0.1) is 10.2 Å². The predicted octanol–water partition coefficient (Wildman–Crippen LogP) is 1.66. The van der Waals surface area contributed by atoms with E-state index >= 15 is 0 Å². The van der Waals surface area contributed by atoms with Crippen molar-refractivity contribution in [2.45, 2.75) is 6.54 Å². The van der Waals surface area contributed by atoms with Gasteiger partial charge >= 0.3 is 0 Å². The summed E-state index contributed by atoms with van der Waals surface area (Å²) < 4.78 is 36.4. The van der Waals surface area contributed by atoms with Crippen LogP contribution in [0.3, 0.4) is 0 Å². The third-order valence-corrected chi connectivity index (χ3v) is 5.48. The van der Waals surface area contributed by atoms with E-state index in [-0.39, 0.29) is 0 Å². The van der Waals surface area contributed by atoms with Crippen LogP contribution in [0.25, 0.3) is 33.6 Å². The zero-order valence-corrected chi connectivity index (χ0v) is 20.0. The Labute approximate surface area is 211 Å². The fraction of sp³-hybridized carbons (Fsp3) is 0.0345. The van der Waals surface area contributed by atoms with Gasteiger partial charge in [-0.1, -0.05) is 66.7 Å². The van der Waals surface area contributed by atoms with Crippen LogP contribution in [0.2, 0.25) is 0 Å². The number of hydrogen-bond donors (Lipinski definition) is 0. The van der Waals surface area contributed by atoms with E-state index in [1.165, 1.54) is 39.2 Å². The van der Waals surface area contributed by atoms with Gasteiger partial charge in [0.1, 0.15) is 0 Å². The highest BCUT2D eigenvalue weighted by Crippen LogP contribution is 2.29. The third-order valence-electron chi connectivity index (χ3n) is 5.48. The SMILES string of the molecule is [O-][Cl+3]([O-])([O-])[O-].c1ccc(-c2cc(-c3ccccc3)[n+](Cc3cccnc3)c(-c3ccccc3)c2)cc1. The van der Waals surface area contributed by atoms with Gasteiger partial charge in [0.15, 0.2) is 6.54 Å². The van der Waals surface area contributed by atoms with Crippen molar-refractivity contribution in [3.05, 3.63) is 133 Å². The summed E-state index contributed by atoms with van der Waals surface area (Å²) in [4.78, 5) is 4.34. The number of pyridine rings is 2. The molecule has 6 nitrogen and oxygen atoms in total. The topological polar surface area (TPSA) is 109 Å². The molecule has 0 N–H and O–H groups in total. The van der Waals surface area contributed by atoms with Gasteiger partial charge in [-0.3, -0.25) is 4.98 Å². The molecule has 5 rings (SSSR count). The van der Waals surface area contributed by atoms with E-state index < -0.39 is 10.2 Å². The van der Waals surface area contributed by atoms with Gasteiger partial charge in [-0.2, -0.15) is 4.57 Å². The van der Waals surface area contributed by atoms with Crippen molar-refractivity contribution in [3.63, 3.8) is 0 Å². The Hall–Kier alpha value is -3.91. The lowest BCUT2D eigenvalue weighted by molar-refractivity contribution is -2.00. The van der Waals surface area contributed by atoms with Gasteiger partial charge in [-0.25, -0.2) is 18.6 Å². The molecule has 180 valence electrons. The molecule has 5 aromatic rings. The average molecular weight is 499 g/mol. The second kappa shape index (κ2) is 11.7. The Morgan fingerprint density at radius 1 is 0.556 bits per heavy atom. The maximum absolute atomic E-state index is 8.49. The Morgan fingerprint density at radius 3 is 1.42 bits per heavy atom. The zero-order valence-electron chi connectivity index (χ0n) is 19.2. The van der Waals surface area contributed by atoms with Gasteiger partial charge in [0, 0.05) is 41.2 Å². The minimum atomic E-state index is -4.94. The molecular formula is C29H23ClN2O4. The second-order valence-corrected chi connectivity index (χ2v) is 8.69. The molecule has 2 aromatic heterocycles. The highest BCUT2D eigenvalue weighted by molar-refractivity contribution is 5.73. The molecule has 0 bridgehead atoms. The molecule has 7 heteroatoms. The van der Waals surface area contributed by atoms with Crippen LogP contribution >= 0.6 is 0 Å². The average Bonchev–Trinajstić information content (AvgIpc) is 2.90. The zero-order chi connectivity index (χ0) is 25.4. The van der Waals surface area contributed by atoms with Crippen LogP contribution in [0.1, 0.15) is 5.56 Å². The van der Waals surface area contributed by atoms with Crippen LogP contribution < -0.4 is 23.2 Å². The van der Waals surface area contributed by atoms with E-state index in [4.69, 9.17) is 18.6 Å². The fourth-order valence-corrected chi connectivity index (χ4v) is 3.96. The second-order valence-electron chi connectivity index (χ2n) is 7.94. The smallest absolute Gasteiger partial charge is 0.213 e. The highest BCUT2D eigenvalue weighted by Gasteiger charge is 2.23. The van der Waals surface area contributed by atoms with E-state index in [0.29, 0.717) is 0 Å². The molecular weight excluding hydrogens is 476 g/mol. The summed E-state index contributed by atoms with van der Waals surface area (Å²) in [5.74, 6) is 0. The molecule has 0 radical (unpaired) electrons. The van der Waals surface area contributed by atoms with Gasteiger partial charge in [0.05, 0.1) is 0 Å². The minimum Gasteiger partial charge on any atom is -0.264 e. The van der Waals surface area contributed by atoms with Crippen LogP contribution in [0.4, 0.5) is 0 Å². The number of hydrogen-bond acceptors (Lipinski definition) is 5. The maximum Gasteiger partial charge on any atom is 0.213 e. The highest BCUT2D eigenvalue weighted by atomic mass is 35.7. The summed E-state index contributed by atoms with van der Waals surface area (Å²) in [6.07, 6.45) is 3.77. The first-order chi connectivity index (χ1) is 17.4.